The summed E-state index contributed by atoms with van der Waals surface area (Å²) in [7, 11) is 2.11. The number of nitrogens with one attached hydrogen (secondary N) is 1. The van der Waals surface area contributed by atoms with Crippen LogP contribution in [0.15, 0.2) is 54.6 Å². The van der Waals surface area contributed by atoms with E-state index in [1.165, 1.54) is 0 Å². The Hall–Kier alpha value is -3.93. The molecule has 1 aliphatic rings. The minimum absolute atomic E-state index is 0.0549. The molecule has 4 rings (SSSR count). The van der Waals surface area contributed by atoms with Crippen LogP contribution in [0.3, 0.4) is 0 Å². The maximum atomic E-state index is 12.6. The molecule has 1 aromatic heterocycles. The number of rotatable bonds is 6. The predicted octanol–water partition coefficient (Wildman–Crippen LogP) is 3.15. The highest BCUT2D eigenvalue weighted by molar-refractivity contribution is 5.92. The highest BCUT2D eigenvalue weighted by Gasteiger charge is 2.17. The van der Waals surface area contributed by atoms with Crippen molar-refractivity contribution in [3.05, 3.63) is 60.2 Å². The van der Waals surface area contributed by atoms with Crippen molar-refractivity contribution in [1.82, 2.24) is 14.8 Å². The number of pyridine rings is 1. The Bertz CT molecular complexity index is 1230. The van der Waals surface area contributed by atoms with E-state index >= 15 is 0 Å². The summed E-state index contributed by atoms with van der Waals surface area (Å²) < 4.78 is 0. The zero-order chi connectivity index (χ0) is 24.1. The molecule has 8 heteroatoms. The van der Waals surface area contributed by atoms with Gasteiger partial charge in [-0.05, 0) is 42.9 Å². The van der Waals surface area contributed by atoms with Crippen molar-refractivity contribution >= 4 is 17.4 Å². The van der Waals surface area contributed by atoms with E-state index in [0.29, 0.717) is 28.9 Å². The van der Waals surface area contributed by atoms with E-state index in [1.54, 1.807) is 30.3 Å². The number of nitrogens with zero attached hydrogens (tertiary/aromatic N) is 4. The van der Waals surface area contributed by atoms with Gasteiger partial charge in [0.15, 0.2) is 0 Å². The lowest BCUT2D eigenvalue weighted by Crippen LogP contribution is -2.45. The van der Waals surface area contributed by atoms with Crippen LogP contribution < -0.4 is 11.1 Å². The molecule has 0 spiro atoms. The number of carbonyl (C=O) groups is 1. The number of phenols is 1. The van der Waals surface area contributed by atoms with Gasteiger partial charge in [0.1, 0.15) is 23.2 Å². The molecule has 0 aliphatic carbocycles. The van der Waals surface area contributed by atoms with Crippen molar-refractivity contribution in [2.75, 3.05) is 50.8 Å². The number of phenolic OH excluding ortho intramolecular Hbond substituents is 1. The van der Waals surface area contributed by atoms with Crippen LogP contribution >= 0.6 is 0 Å². The number of hydrogen-bond donors (Lipinski definition) is 3. The minimum atomic E-state index is -0.0549. The van der Waals surface area contributed by atoms with Crippen molar-refractivity contribution in [3.63, 3.8) is 0 Å². The van der Waals surface area contributed by atoms with Gasteiger partial charge in [-0.25, -0.2) is 4.98 Å². The number of para-hydroxylation sites is 1. The minimum Gasteiger partial charge on any atom is -0.507 e. The third-order valence-electron chi connectivity index (χ3n) is 6.05. The standard InChI is InChI=1S/C26H28N6O2/c1-31-11-13-32(14-12-31)10-9-25(34)29-19-6-4-5-18(15-19)21-16-23(30-26(28)22(21)17-27)20-7-2-3-8-24(20)33/h2-8,15-16,33H,9-14H2,1H3,(H2,28,30)(H,29,34). The predicted molar refractivity (Wildman–Crippen MR) is 133 cm³/mol. The van der Waals surface area contributed by atoms with Crippen LogP contribution in [0.25, 0.3) is 22.4 Å². The van der Waals surface area contributed by atoms with E-state index in [2.05, 4.69) is 33.2 Å². The zero-order valence-electron chi connectivity index (χ0n) is 19.2. The molecule has 0 saturated carbocycles. The Balaban J connectivity index is 1.54. The molecule has 2 aromatic carbocycles. The summed E-state index contributed by atoms with van der Waals surface area (Å²) in [5.41, 5.74) is 9.29. The van der Waals surface area contributed by atoms with Crippen LogP contribution in [0.2, 0.25) is 0 Å². The van der Waals surface area contributed by atoms with Gasteiger partial charge in [0, 0.05) is 56.0 Å². The van der Waals surface area contributed by atoms with Crippen molar-refractivity contribution in [1.29, 1.82) is 5.26 Å². The van der Waals surface area contributed by atoms with Crippen molar-refractivity contribution < 1.29 is 9.90 Å². The Labute approximate surface area is 199 Å². The largest absolute Gasteiger partial charge is 0.507 e. The number of hydrogen-bond acceptors (Lipinski definition) is 7. The van der Waals surface area contributed by atoms with Crippen molar-refractivity contribution in [3.8, 4) is 34.2 Å². The third kappa shape index (κ3) is 5.34. The SMILES string of the molecule is CN1CCN(CCC(=O)Nc2cccc(-c3cc(-c4ccccc4O)nc(N)c3C#N)c2)CC1. The van der Waals surface area contributed by atoms with Crippen molar-refractivity contribution in [2.45, 2.75) is 6.42 Å². The number of likely N-dealkylation sites (N-methyl/N-ethyl adjacent to an activating group) is 1. The summed E-state index contributed by atoms with van der Waals surface area (Å²) in [6.07, 6.45) is 0.414. The maximum Gasteiger partial charge on any atom is 0.225 e. The number of nitrogens with two attached hydrogens (primary N) is 1. The molecule has 1 saturated heterocycles. The second-order valence-electron chi connectivity index (χ2n) is 8.47. The van der Waals surface area contributed by atoms with Gasteiger partial charge in [0.2, 0.25) is 5.91 Å². The van der Waals surface area contributed by atoms with Crippen LogP contribution in [-0.4, -0.2) is 65.6 Å². The van der Waals surface area contributed by atoms with E-state index in [9.17, 15) is 15.2 Å². The van der Waals surface area contributed by atoms with Crippen molar-refractivity contribution in [2.24, 2.45) is 0 Å². The van der Waals surface area contributed by atoms with Crippen LogP contribution in [0.1, 0.15) is 12.0 Å². The zero-order valence-corrected chi connectivity index (χ0v) is 19.2. The second kappa shape index (κ2) is 10.3. The first-order chi connectivity index (χ1) is 16.4. The molecule has 3 aromatic rings. The van der Waals surface area contributed by atoms with Gasteiger partial charge in [-0.1, -0.05) is 24.3 Å². The van der Waals surface area contributed by atoms with Gasteiger partial charge in [0.05, 0.1) is 5.69 Å². The number of nitriles is 1. The normalized spacial score (nSPS) is 14.5. The molecule has 1 amide bonds. The van der Waals surface area contributed by atoms with E-state index in [4.69, 9.17) is 5.73 Å². The second-order valence-corrected chi connectivity index (χ2v) is 8.47. The Morgan fingerprint density at radius 2 is 1.88 bits per heavy atom. The lowest BCUT2D eigenvalue weighted by Gasteiger charge is -2.32. The fourth-order valence-corrected chi connectivity index (χ4v) is 4.06. The fourth-order valence-electron chi connectivity index (χ4n) is 4.06. The summed E-state index contributed by atoms with van der Waals surface area (Å²) in [5.74, 6) is 0.104. The summed E-state index contributed by atoms with van der Waals surface area (Å²) in [6.45, 7) is 4.70. The highest BCUT2D eigenvalue weighted by Crippen LogP contribution is 2.35. The lowest BCUT2D eigenvalue weighted by atomic mass is 9.97. The molecule has 2 heterocycles. The number of amides is 1. The number of anilines is 2. The average Bonchev–Trinajstić information content (AvgIpc) is 2.83. The van der Waals surface area contributed by atoms with Crippen LogP contribution in [0.4, 0.5) is 11.5 Å². The van der Waals surface area contributed by atoms with Gasteiger partial charge >= 0.3 is 0 Å². The fraction of sp³-hybridized carbons (Fsp3) is 0.269. The molecule has 0 radical (unpaired) electrons. The molecule has 4 N–H and O–H groups in total. The van der Waals surface area contributed by atoms with Crippen LogP contribution in [0, 0.1) is 11.3 Å². The average molecular weight is 457 g/mol. The quantitative estimate of drug-likeness (QED) is 0.521. The summed E-state index contributed by atoms with van der Waals surface area (Å²) in [5, 5.41) is 22.9. The van der Waals surface area contributed by atoms with E-state index in [-0.39, 0.29) is 23.0 Å². The number of benzene rings is 2. The van der Waals surface area contributed by atoms with E-state index in [0.717, 1.165) is 38.3 Å². The van der Waals surface area contributed by atoms with Crippen LogP contribution in [0.5, 0.6) is 5.75 Å². The smallest absolute Gasteiger partial charge is 0.225 e. The molecule has 1 aliphatic heterocycles. The van der Waals surface area contributed by atoms with E-state index < -0.39 is 0 Å². The molecule has 1 fully saturated rings. The number of aromatic hydroxyl groups is 1. The molecule has 8 nitrogen and oxygen atoms in total. The molecule has 174 valence electrons. The highest BCUT2D eigenvalue weighted by atomic mass is 16.3. The Kier molecular flexibility index (Phi) is 7.07. The first kappa shape index (κ1) is 23.2. The first-order valence-corrected chi connectivity index (χ1v) is 11.2. The first-order valence-electron chi connectivity index (χ1n) is 11.2. The van der Waals surface area contributed by atoms with Gasteiger partial charge in [-0.2, -0.15) is 5.26 Å². The van der Waals surface area contributed by atoms with Gasteiger partial charge in [-0.15, -0.1) is 0 Å². The Morgan fingerprint density at radius 1 is 1.12 bits per heavy atom. The van der Waals surface area contributed by atoms with Gasteiger partial charge in [-0.3, -0.25) is 4.79 Å². The van der Waals surface area contributed by atoms with Crippen LogP contribution in [-0.2, 0) is 4.79 Å². The lowest BCUT2D eigenvalue weighted by molar-refractivity contribution is -0.116. The topological polar surface area (TPSA) is 119 Å². The molecule has 0 atom stereocenters. The van der Waals surface area contributed by atoms with E-state index in [1.807, 2.05) is 24.3 Å². The molecular weight excluding hydrogens is 428 g/mol. The Morgan fingerprint density at radius 3 is 2.62 bits per heavy atom. The molecule has 34 heavy (non-hydrogen) atoms. The number of nitrogen functional groups attached to an aromatic ring is 1. The van der Waals surface area contributed by atoms with Gasteiger partial charge < -0.3 is 26.0 Å². The molecule has 0 unspecified atom stereocenters. The number of piperazine rings is 1. The summed E-state index contributed by atoms with van der Waals surface area (Å²) in [6, 6.07) is 18.0. The third-order valence-corrected chi connectivity index (χ3v) is 6.05. The summed E-state index contributed by atoms with van der Waals surface area (Å²) >= 11 is 0. The molecular formula is C26H28N6O2. The molecule has 0 bridgehead atoms. The maximum absolute atomic E-state index is 12.6. The number of carbonyl (C=O) groups excluding carboxylic acids is 1. The number of aromatic nitrogens is 1. The monoisotopic (exact) mass is 456 g/mol. The van der Waals surface area contributed by atoms with Gasteiger partial charge in [0.25, 0.3) is 0 Å². The summed E-state index contributed by atoms with van der Waals surface area (Å²) in [4.78, 5) is 21.5.